The average molecular weight is 325 g/mol. The van der Waals surface area contributed by atoms with Gasteiger partial charge in [0.15, 0.2) is 0 Å². The zero-order valence-corrected chi connectivity index (χ0v) is 14.6. The molecule has 0 aliphatic carbocycles. The van der Waals surface area contributed by atoms with Gasteiger partial charge in [0.05, 0.1) is 18.3 Å². The van der Waals surface area contributed by atoms with Gasteiger partial charge in [-0.15, -0.1) is 6.58 Å². The van der Waals surface area contributed by atoms with Crippen molar-refractivity contribution in [3.8, 4) is 0 Å². The van der Waals surface area contributed by atoms with Crippen LogP contribution in [-0.2, 0) is 4.74 Å². The number of rotatable bonds is 11. The van der Waals surface area contributed by atoms with Crippen LogP contribution in [0, 0.1) is 0 Å². The Morgan fingerprint density at radius 2 is 2.39 bits per heavy atom. The van der Waals surface area contributed by atoms with Crippen LogP contribution in [0.5, 0.6) is 0 Å². The molecule has 132 valence electrons. The number of carbonyl (C=O) groups is 1. The fourth-order valence-corrected chi connectivity index (χ4v) is 2.41. The minimum Gasteiger partial charge on any atom is -0.387 e. The summed E-state index contributed by atoms with van der Waals surface area (Å²) < 4.78 is 5.83. The Bertz CT molecular complexity index is 425. The fourth-order valence-electron chi connectivity index (χ4n) is 2.41. The summed E-state index contributed by atoms with van der Waals surface area (Å²) in [6.45, 7) is 12.8. The van der Waals surface area contributed by atoms with Gasteiger partial charge in [0.25, 0.3) is 0 Å². The van der Waals surface area contributed by atoms with Crippen molar-refractivity contribution in [1.29, 1.82) is 0 Å². The first kappa shape index (κ1) is 19.5. The van der Waals surface area contributed by atoms with E-state index in [1.165, 1.54) is 0 Å². The van der Waals surface area contributed by atoms with E-state index in [1.54, 1.807) is 11.0 Å². The van der Waals surface area contributed by atoms with Gasteiger partial charge in [-0.2, -0.15) is 0 Å². The number of hydrogen-bond donors (Lipinski definition) is 3. The highest BCUT2D eigenvalue weighted by atomic mass is 16.5. The highest BCUT2D eigenvalue weighted by molar-refractivity contribution is 5.76. The summed E-state index contributed by atoms with van der Waals surface area (Å²) in [6, 6.07) is -0.0112. The first-order valence-corrected chi connectivity index (χ1v) is 8.28. The molecule has 2 atom stereocenters. The second-order valence-corrected chi connectivity index (χ2v) is 6.17. The van der Waals surface area contributed by atoms with E-state index in [0.29, 0.717) is 19.6 Å². The summed E-state index contributed by atoms with van der Waals surface area (Å²) in [7, 11) is 0. The molecule has 1 rings (SSSR count). The Balaban J connectivity index is 2.29. The largest absolute Gasteiger partial charge is 0.387 e. The molecule has 1 heterocycles. The number of nitrogens with zero attached hydrogens (tertiary/aromatic N) is 1. The minimum atomic E-state index is -0.659. The van der Waals surface area contributed by atoms with Crippen molar-refractivity contribution in [2.24, 2.45) is 0 Å². The molecule has 0 bridgehead atoms. The van der Waals surface area contributed by atoms with E-state index in [2.05, 4.69) is 24.1 Å². The maximum atomic E-state index is 11.4. The van der Waals surface area contributed by atoms with E-state index in [9.17, 15) is 9.90 Å². The maximum Gasteiger partial charge on any atom is 0.317 e. The molecule has 1 saturated heterocycles. The highest BCUT2D eigenvalue weighted by Gasteiger charge is 2.22. The normalized spacial score (nSPS) is 19.2. The quantitative estimate of drug-likeness (QED) is 0.505. The van der Waals surface area contributed by atoms with Crippen molar-refractivity contribution >= 4 is 6.03 Å². The molecule has 3 N–H and O–H groups in total. The molecule has 0 aromatic carbocycles. The lowest BCUT2D eigenvalue weighted by atomic mass is 9.99. The fraction of sp³-hybridized carbons (Fsp3) is 0.706. The number of allylic oxidation sites excluding steroid dienone is 1. The van der Waals surface area contributed by atoms with E-state index < -0.39 is 6.10 Å². The zero-order chi connectivity index (χ0) is 17.3. The van der Waals surface area contributed by atoms with Gasteiger partial charge in [0.2, 0.25) is 0 Å². The van der Waals surface area contributed by atoms with Crippen LogP contribution < -0.4 is 10.6 Å². The molecule has 0 aromatic heterocycles. The number of aliphatic hydroxyl groups is 1. The molecule has 0 saturated carbocycles. The summed E-state index contributed by atoms with van der Waals surface area (Å²) in [6.07, 6.45) is 4.55. The van der Waals surface area contributed by atoms with Gasteiger partial charge in [0.1, 0.15) is 0 Å². The van der Waals surface area contributed by atoms with E-state index in [0.717, 1.165) is 25.1 Å². The number of nitrogens with one attached hydrogen (secondary N) is 2. The van der Waals surface area contributed by atoms with Crippen molar-refractivity contribution in [1.82, 2.24) is 15.5 Å². The number of amides is 2. The van der Waals surface area contributed by atoms with Crippen molar-refractivity contribution in [2.45, 2.75) is 45.3 Å². The molecule has 1 aliphatic heterocycles. The third-order valence-corrected chi connectivity index (χ3v) is 4.10. The van der Waals surface area contributed by atoms with E-state index in [1.807, 2.05) is 19.9 Å². The van der Waals surface area contributed by atoms with Crippen LogP contribution in [0.15, 0.2) is 24.4 Å². The van der Waals surface area contributed by atoms with Gasteiger partial charge >= 0.3 is 6.03 Å². The molecule has 0 radical (unpaired) electrons. The van der Waals surface area contributed by atoms with Gasteiger partial charge in [-0.3, -0.25) is 0 Å². The average Bonchev–Trinajstić information content (AvgIpc) is 2.91. The van der Waals surface area contributed by atoms with E-state index >= 15 is 0 Å². The van der Waals surface area contributed by atoms with Crippen molar-refractivity contribution in [3.05, 3.63) is 24.4 Å². The second-order valence-electron chi connectivity index (χ2n) is 6.17. The SMILES string of the molecule is C=CCC(C)(CC)OCC(O)/C=C(/C)NCCN1CCNC1=O. The smallest absolute Gasteiger partial charge is 0.317 e. The molecule has 2 unspecified atom stereocenters. The van der Waals surface area contributed by atoms with Crippen LogP contribution in [0.25, 0.3) is 0 Å². The Hall–Kier alpha value is -1.53. The molecule has 6 heteroatoms. The number of urea groups is 1. The Labute approximate surface area is 139 Å². The Kier molecular flexibility index (Phi) is 8.12. The van der Waals surface area contributed by atoms with Gasteiger partial charge in [-0.25, -0.2) is 4.79 Å². The molecule has 6 nitrogen and oxygen atoms in total. The van der Waals surface area contributed by atoms with Gasteiger partial charge in [-0.1, -0.05) is 13.0 Å². The third-order valence-electron chi connectivity index (χ3n) is 4.10. The summed E-state index contributed by atoms with van der Waals surface area (Å²) in [5.41, 5.74) is 0.601. The predicted molar refractivity (Wildman–Crippen MR) is 92.2 cm³/mol. The lowest BCUT2D eigenvalue weighted by Gasteiger charge is -2.28. The number of ether oxygens (including phenoxy) is 1. The van der Waals surface area contributed by atoms with Crippen molar-refractivity contribution in [2.75, 3.05) is 32.8 Å². The molecule has 2 amide bonds. The Morgan fingerprint density at radius 3 is 2.96 bits per heavy atom. The summed E-state index contributed by atoms with van der Waals surface area (Å²) in [4.78, 5) is 13.2. The van der Waals surface area contributed by atoms with Gasteiger partial charge in [0, 0.05) is 31.9 Å². The highest BCUT2D eigenvalue weighted by Crippen LogP contribution is 2.20. The van der Waals surface area contributed by atoms with E-state index in [-0.39, 0.29) is 18.2 Å². The van der Waals surface area contributed by atoms with Crippen LogP contribution >= 0.6 is 0 Å². The number of hydrogen-bond acceptors (Lipinski definition) is 4. The Morgan fingerprint density at radius 1 is 1.65 bits per heavy atom. The van der Waals surface area contributed by atoms with Crippen LogP contribution in [0.3, 0.4) is 0 Å². The lowest BCUT2D eigenvalue weighted by Crippen LogP contribution is -2.34. The molecule has 0 spiro atoms. The molecule has 0 aromatic rings. The van der Waals surface area contributed by atoms with Crippen LogP contribution in [0.1, 0.15) is 33.6 Å². The lowest BCUT2D eigenvalue weighted by molar-refractivity contribution is -0.0601. The molecular formula is C17H31N3O3. The predicted octanol–water partition coefficient (Wildman–Crippen LogP) is 1.63. The monoisotopic (exact) mass is 325 g/mol. The first-order chi connectivity index (χ1) is 10.9. The molecule has 1 fully saturated rings. The van der Waals surface area contributed by atoms with E-state index in [4.69, 9.17) is 4.74 Å². The molecule has 23 heavy (non-hydrogen) atoms. The molecule has 1 aliphatic rings. The van der Waals surface area contributed by atoms with Crippen LogP contribution in [0.2, 0.25) is 0 Å². The zero-order valence-electron chi connectivity index (χ0n) is 14.6. The summed E-state index contributed by atoms with van der Waals surface area (Å²) >= 11 is 0. The van der Waals surface area contributed by atoms with Gasteiger partial charge in [-0.05, 0) is 32.8 Å². The van der Waals surface area contributed by atoms with Crippen LogP contribution in [0.4, 0.5) is 4.79 Å². The van der Waals surface area contributed by atoms with Gasteiger partial charge < -0.3 is 25.4 Å². The third kappa shape index (κ3) is 7.05. The summed E-state index contributed by atoms with van der Waals surface area (Å²) in [5.74, 6) is 0. The van der Waals surface area contributed by atoms with Crippen molar-refractivity contribution in [3.63, 3.8) is 0 Å². The number of aliphatic hydroxyl groups excluding tert-OH is 1. The van der Waals surface area contributed by atoms with Crippen LogP contribution in [-0.4, -0.2) is 60.5 Å². The summed E-state index contributed by atoms with van der Waals surface area (Å²) in [5, 5.41) is 16.0. The molecular weight excluding hydrogens is 294 g/mol. The van der Waals surface area contributed by atoms with Crippen molar-refractivity contribution < 1.29 is 14.6 Å². The standard InChI is InChI=1S/C17H31N3O3/c1-5-7-17(4,6-2)23-13-15(21)12-14(3)18-8-10-20-11-9-19-16(20)22/h5,12,15,18,21H,1,6-11,13H2,2-4H3,(H,19,22)/b14-12-. The number of carbonyl (C=O) groups excluding carboxylic acids is 1. The maximum absolute atomic E-state index is 11.4. The first-order valence-electron chi connectivity index (χ1n) is 8.28. The second kappa shape index (κ2) is 9.57. The topological polar surface area (TPSA) is 73.8 Å². The minimum absolute atomic E-state index is 0.0112.